The molecule has 1 rings (SSSR count). The summed E-state index contributed by atoms with van der Waals surface area (Å²) >= 11 is 1.41. The Morgan fingerprint density at radius 2 is 2.05 bits per heavy atom. The summed E-state index contributed by atoms with van der Waals surface area (Å²) in [6.45, 7) is 7.05. The van der Waals surface area contributed by atoms with E-state index in [9.17, 15) is 9.90 Å². The zero-order chi connectivity index (χ0) is 14.3. The molecule has 6 heteroatoms. The number of carboxylic acid groups (broad SMARTS) is 1. The van der Waals surface area contributed by atoms with Crippen molar-refractivity contribution in [3.8, 4) is 0 Å². The van der Waals surface area contributed by atoms with Gasteiger partial charge in [-0.3, -0.25) is 0 Å². The molecule has 0 atom stereocenters. The second-order valence-electron chi connectivity index (χ2n) is 4.02. The summed E-state index contributed by atoms with van der Waals surface area (Å²) in [6.07, 6.45) is 1.68. The van der Waals surface area contributed by atoms with Crippen molar-refractivity contribution in [3.63, 3.8) is 0 Å². The molecule has 0 saturated heterocycles. The quantitative estimate of drug-likeness (QED) is 0.449. The van der Waals surface area contributed by atoms with Crippen LogP contribution in [0, 0.1) is 6.92 Å². The molecule has 1 N–H and O–H groups in total. The molecule has 19 heavy (non-hydrogen) atoms. The van der Waals surface area contributed by atoms with Gasteiger partial charge in [-0.25, -0.2) is 14.8 Å². The Morgan fingerprint density at radius 1 is 1.32 bits per heavy atom. The molecule has 5 nitrogen and oxygen atoms in total. The highest BCUT2D eigenvalue weighted by molar-refractivity contribution is 7.99. The van der Waals surface area contributed by atoms with Crippen LogP contribution in [0.15, 0.2) is 5.03 Å². The Balaban J connectivity index is 2.78. The minimum absolute atomic E-state index is 0.206. The molecule has 106 valence electrons. The first-order valence-corrected chi connectivity index (χ1v) is 7.40. The average Bonchev–Trinajstić information content (AvgIpc) is 2.37. The fourth-order valence-corrected chi connectivity index (χ4v) is 2.50. The molecule has 0 unspecified atom stereocenters. The predicted octanol–water partition coefficient (Wildman–Crippen LogP) is 2.56. The summed E-state index contributed by atoms with van der Waals surface area (Å²) in [5.41, 5.74) is 0.731. The van der Waals surface area contributed by atoms with Crippen LogP contribution in [-0.4, -0.2) is 40.0 Å². The van der Waals surface area contributed by atoms with Crippen molar-refractivity contribution >= 4 is 17.7 Å². The Hall–Kier alpha value is -1.14. The normalized spacial score (nSPS) is 10.7. The smallest absolute Gasteiger partial charge is 0.340 e. The minimum Gasteiger partial charge on any atom is -0.478 e. The molecular formula is C13H20N2O3S. The van der Waals surface area contributed by atoms with E-state index in [0.717, 1.165) is 13.0 Å². The maximum Gasteiger partial charge on any atom is 0.340 e. The number of aromatic carboxylic acids is 1. The number of rotatable bonds is 8. The van der Waals surface area contributed by atoms with E-state index in [2.05, 4.69) is 16.9 Å². The molecule has 0 radical (unpaired) electrons. The van der Waals surface area contributed by atoms with Crippen molar-refractivity contribution in [2.45, 2.75) is 38.6 Å². The number of hydrogen-bond donors (Lipinski definition) is 1. The molecule has 0 aromatic carbocycles. The first-order valence-electron chi connectivity index (χ1n) is 6.41. The van der Waals surface area contributed by atoms with E-state index >= 15 is 0 Å². The topological polar surface area (TPSA) is 72.3 Å². The number of thioether (sulfide) groups is 1. The molecule has 0 fully saturated rings. The number of aromatic nitrogens is 2. The van der Waals surface area contributed by atoms with Crippen LogP contribution in [0.5, 0.6) is 0 Å². The zero-order valence-electron chi connectivity index (χ0n) is 11.6. The number of carboxylic acids is 1. The highest BCUT2D eigenvalue weighted by atomic mass is 32.2. The molecule has 1 aromatic rings. The predicted molar refractivity (Wildman–Crippen MR) is 74.9 cm³/mol. The fourth-order valence-electron chi connectivity index (χ4n) is 1.55. The average molecular weight is 284 g/mol. The van der Waals surface area contributed by atoms with Crippen molar-refractivity contribution in [1.29, 1.82) is 0 Å². The zero-order valence-corrected chi connectivity index (χ0v) is 12.4. The van der Waals surface area contributed by atoms with Crippen molar-refractivity contribution in [2.24, 2.45) is 0 Å². The third-order valence-electron chi connectivity index (χ3n) is 2.45. The standard InChI is InChI=1S/C13H20N2O3S/c1-4-6-18-7-8-19-12-11(13(16)17)9(3)14-10(5-2)15-12/h4-8H2,1-3H3,(H,16,17). The Bertz CT molecular complexity index is 438. The van der Waals surface area contributed by atoms with Gasteiger partial charge in [0.15, 0.2) is 0 Å². The number of aryl methyl sites for hydroxylation is 2. The van der Waals surface area contributed by atoms with Crippen molar-refractivity contribution in [2.75, 3.05) is 19.0 Å². The van der Waals surface area contributed by atoms with Crippen molar-refractivity contribution in [3.05, 3.63) is 17.1 Å². The molecule has 0 bridgehead atoms. The van der Waals surface area contributed by atoms with Gasteiger partial charge in [-0.2, -0.15) is 0 Å². The molecule has 0 saturated carbocycles. The maximum atomic E-state index is 11.3. The van der Waals surface area contributed by atoms with Gasteiger partial charge in [-0.15, -0.1) is 11.8 Å². The molecule has 0 spiro atoms. The highest BCUT2D eigenvalue weighted by Crippen LogP contribution is 2.23. The minimum atomic E-state index is -0.975. The number of carbonyl (C=O) groups is 1. The summed E-state index contributed by atoms with van der Waals surface area (Å²) in [5.74, 6) is 0.400. The summed E-state index contributed by atoms with van der Waals surface area (Å²) < 4.78 is 5.38. The van der Waals surface area contributed by atoms with Crippen LogP contribution in [0.2, 0.25) is 0 Å². The van der Waals surface area contributed by atoms with Crippen molar-refractivity contribution < 1.29 is 14.6 Å². The van der Waals surface area contributed by atoms with E-state index in [0.29, 0.717) is 35.3 Å². The van der Waals surface area contributed by atoms with E-state index in [4.69, 9.17) is 4.74 Å². The largest absolute Gasteiger partial charge is 0.478 e. The second-order valence-corrected chi connectivity index (χ2v) is 5.11. The van der Waals surface area contributed by atoms with Gasteiger partial charge in [0.05, 0.1) is 12.3 Å². The fraction of sp³-hybridized carbons (Fsp3) is 0.615. The van der Waals surface area contributed by atoms with E-state index < -0.39 is 5.97 Å². The van der Waals surface area contributed by atoms with E-state index in [1.54, 1.807) is 6.92 Å². The summed E-state index contributed by atoms with van der Waals surface area (Å²) in [7, 11) is 0. The van der Waals surface area contributed by atoms with Crippen LogP contribution >= 0.6 is 11.8 Å². The van der Waals surface area contributed by atoms with Gasteiger partial charge < -0.3 is 9.84 Å². The summed E-state index contributed by atoms with van der Waals surface area (Å²) in [6, 6.07) is 0. The lowest BCUT2D eigenvalue weighted by molar-refractivity contribution is 0.0690. The number of ether oxygens (including phenoxy) is 1. The number of nitrogens with zero attached hydrogens (tertiary/aromatic N) is 2. The lowest BCUT2D eigenvalue weighted by Crippen LogP contribution is -2.10. The second kappa shape index (κ2) is 8.12. The van der Waals surface area contributed by atoms with Crippen LogP contribution in [-0.2, 0) is 11.2 Å². The van der Waals surface area contributed by atoms with Crippen LogP contribution in [0.3, 0.4) is 0 Å². The lowest BCUT2D eigenvalue weighted by atomic mass is 10.2. The maximum absolute atomic E-state index is 11.3. The monoisotopic (exact) mass is 284 g/mol. The van der Waals surface area contributed by atoms with Gasteiger partial charge >= 0.3 is 5.97 Å². The lowest BCUT2D eigenvalue weighted by Gasteiger charge is -2.09. The first kappa shape index (κ1) is 15.9. The molecular weight excluding hydrogens is 264 g/mol. The third kappa shape index (κ3) is 4.80. The van der Waals surface area contributed by atoms with Gasteiger partial charge in [0.25, 0.3) is 0 Å². The van der Waals surface area contributed by atoms with Crippen molar-refractivity contribution in [1.82, 2.24) is 9.97 Å². The van der Waals surface area contributed by atoms with Gasteiger partial charge in [-0.05, 0) is 13.3 Å². The van der Waals surface area contributed by atoms with Gasteiger partial charge in [-0.1, -0.05) is 13.8 Å². The van der Waals surface area contributed by atoms with Crippen LogP contribution in [0.4, 0.5) is 0 Å². The molecule has 1 heterocycles. The van der Waals surface area contributed by atoms with Gasteiger partial charge in [0, 0.05) is 18.8 Å². The third-order valence-corrected chi connectivity index (χ3v) is 3.39. The molecule has 0 aliphatic heterocycles. The molecule has 0 aliphatic carbocycles. The van der Waals surface area contributed by atoms with Crippen LogP contribution in [0.25, 0.3) is 0 Å². The van der Waals surface area contributed by atoms with Gasteiger partial charge in [0.2, 0.25) is 0 Å². The summed E-state index contributed by atoms with van der Waals surface area (Å²) in [5, 5.41) is 9.77. The highest BCUT2D eigenvalue weighted by Gasteiger charge is 2.17. The van der Waals surface area contributed by atoms with E-state index in [1.165, 1.54) is 11.8 Å². The van der Waals surface area contributed by atoms with Crippen LogP contribution in [0.1, 0.15) is 42.1 Å². The Kier molecular flexibility index (Phi) is 6.80. The number of hydrogen-bond acceptors (Lipinski definition) is 5. The Labute approximate surface area is 117 Å². The first-order chi connectivity index (χ1) is 9.10. The van der Waals surface area contributed by atoms with Crippen LogP contribution < -0.4 is 0 Å². The van der Waals surface area contributed by atoms with E-state index in [-0.39, 0.29) is 5.56 Å². The molecule has 0 aliphatic rings. The van der Waals surface area contributed by atoms with E-state index in [1.807, 2.05) is 6.92 Å². The Morgan fingerprint density at radius 3 is 2.63 bits per heavy atom. The molecule has 1 aromatic heterocycles. The summed E-state index contributed by atoms with van der Waals surface area (Å²) in [4.78, 5) is 19.8. The SMILES string of the molecule is CCCOCCSc1nc(CC)nc(C)c1C(=O)O. The van der Waals surface area contributed by atoms with Gasteiger partial charge in [0.1, 0.15) is 16.4 Å². The molecule has 0 amide bonds.